The maximum atomic E-state index is 12.6. The molecule has 0 bridgehead atoms. The van der Waals surface area contributed by atoms with Gasteiger partial charge in [-0.1, -0.05) is 6.07 Å². The quantitative estimate of drug-likeness (QED) is 0.934. The van der Waals surface area contributed by atoms with E-state index in [1.165, 1.54) is 0 Å². The number of nitrogens with zero attached hydrogens (tertiary/aromatic N) is 2. The lowest BCUT2D eigenvalue weighted by Crippen LogP contribution is -2.46. The highest BCUT2D eigenvalue weighted by Crippen LogP contribution is 2.29. The zero-order valence-corrected chi connectivity index (χ0v) is 13.0. The summed E-state index contributed by atoms with van der Waals surface area (Å²) in [7, 11) is 0. The number of carbonyl (C=O) groups is 1. The van der Waals surface area contributed by atoms with Crippen LogP contribution in [-0.4, -0.2) is 42.2 Å². The summed E-state index contributed by atoms with van der Waals surface area (Å²) in [5.41, 5.74) is 1.00. The Kier molecular flexibility index (Phi) is 5.27. The monoisotopic (exact) mass is 303 g/mol. The lowest BCUT2D eigenvalue weighted by atomic mass is 9.99. The van der Waals surface area contributed by atoms with E-state index < -0.39 is 0 Å². The molecule has 120 valence electrons. The van der Waals surface area contributed by atoms with E-state index in [9.17, 15) is 4.79 Å². The van der Waals surface area contributed by atoms with Crippen molar-refractivity contribution >= 4 is 6.03 Å². The molecule has 1 N–H and O–H groups in total. The van der Waals surface area contributed by atoms with Crippen LogP contribution in [-0.2, 0) is 4.74 Å². The van der Waals surface area contributed by atoms with Crippen molar-refractivity contribution in [3.63, 3.8) is 0 Å². The van der Waals surface area contributed by atoms with E-state index >= 15 is 0 Å². The van der Waals surface area contributed by atoms with E-state index in [-0.39, 0.29) is 12.1 Å². The molecule has 2 aliphatic rings. The Hall–Kier alpha value is -1.62. The van der Waals surface area contributed by atoms with Crippen LogP contribution in [0, 0.1) is 5.92 Å². The van der Waals surface area contributed by atoms with Gasteiger partial charge in [-0.3, -0.25) is 4.98 Å². The third kappa shape index (κ3) is 3.77. The summed E-state index contributed by atoms with van der Waals surface area (Å²) in [6.07, 6.45) is 7.14. The zero-order valence-electron chi connectivity index (χ0n) is 13.0. The number of aromatic nitrogens is 1. The number of piperidine rings is 1. The summed E-state index contributed by atoms with van der Waals surface area (Å²) in [5.74, 6) is 0.552. The van der Waals surface area contributed by atoms with Gasteiger partial charge in [0, 0.05) is 32.5 Å². The second-order valence-electron chi connectivity index (χ2n) is 6.20. The second kappa shape index (κ2) is 7.58. The Morgan fingerprint density at radius 3 is 2.91 bits per heavy atom. The molecule has 0 spiro atoms. The van der Waals surface area contributed by atoms with Crippen LogP contribution >= 0.6 is 0 Å². The van der Waals surface area contributed by atoms with Crippen LogP contribution in [0.3, 0.4) is 0 Å². The molecule has 2 saturated heterocycles. The summed E-state index contributed by atoms with van der Waals surface area (Å²) in [6.45, 7) is 3.22. The summed E-state index contributed by atoms with van der Waals surface area (Å²) in [4.78, 5) is 19.0. The molecular weight excluding hydrogens is 278 g/mol. The zero-order chi connectivity index (χ0) is 15.2. The van der Waals surface area contributed by atoms with Gasteiger partial charge in [-0.25, -0.2) is 4.79 Å². The summed E-state index contributed by atoms with van der Waals surface area (Å²) >= 11 is 0. The van der Waals surface area contributed by atoms with E-state index in [0.29, 0.717) is 5.92 Å². The van der Waals surface area contributed by atoms with Crippen molar-refractivity contribution < 1.29 is 9.53 Å². The molecule has 2 aliphatic heterocycles. The largest absolute Gasteiger partial charge is 0.381 e. The molecule has 22 heavy (non-hydrogen) atoms. The summed E-state index contributed by atoms with van der Waals surface area (Å²) in [6, 6.07) is 6.11. The van der Waals surface area contributed by atoms with Gasteiger partial charge in [-0.05, 0) is 50.2 Å². The van der Waals surface area contributed by atoms with Crippen LogP contribution < -0.4 is 5.32 Å². The van der Waals surface area contributed by atoms with Gasteiger partial charge in [0.15, 0.2) is 0 Å². The number of pyridine rings is 1. The molecule has 0 saturated carbocycles. The first-order valence-corrected chi connectivity index (χ1v) is 8.38. The average Bonchev–Trinajstić information content (AvgIpc) is 2.61. The van der Waals surface area contributed by atoms with E-state index in [1.54, 1.807) is 0 Å². The first kappa shape index (κ1) is 15.3. The topological polar surface area (TPSA) is 54.5 Å². The van der Waals surface area contributed by atoms with E-state index in [2.05, 4.69) is 10.3 Å². The average molecular weight is 303 g/mol. The Morgan fingerprint density at radius 1 is 1.27 bits per heavy atom. The molecule has 1 aromatic heterocycles. The van der Waals surface area contributed by atoms with E-state index in [1.807, 2.05) is 29.3 Å². The first-order chi connectivity index (χ1) is 10.8. The molecule has 5 nitrogen and oxygen atoms in total. The molecule has 0 aromatic carbocycles. The summed E-state index contributed by atoms with van der Waals surface area (Å²) < 4.78 is 5.37. The fraction of sp³-hybridized carbons (Fsp3) is 0.647. The molecule has 2 amide bonds. The van der Waals surface area contributed by atoms with Crippen LogP contribution in [0.2, 0.25) is 0 Å². The molecule has 0 unspecified atom stereocenters. The van der Waals surface area contributed by atoms with Crippen LogP contribution in [0.1, 0.15) is 43.8 Å². The Labute approximate surface area is 132 Å². The minimum absolute atomic E-state index is 0.0573. The maximum absolute atomic E-state index is 12.6. The number of rotatable bonds is 3. The molecule has 2 fully saturated rings. The number of carbonyl (C=O) groups excluding carboxylic acids is 1. The van der Waals surface area contributed by atoms with Gasteiger partial charge in [0.2, 0.25) is 0 Å². The van der Waals surface area contributed by atoms with Crippen molar-refractivity contribution in [2.75, 3.05) is 26.3 Å². The van der Waals surface area contributed by atoms with Crippen molar-refractivity contribution in [1.82, 2.24) is 15.2 Å². The van der Waals surface area contributed by atoms with Crippen LogP contribution in [0.15, 0.2) is 24.4 Å². The van der Waals surface area contributed by atoms with Crippen molar-refractivity contribution in [2.24, 2.45) is 5.92 Å². The lowest BCUT2D eigenvalue weighted by molar-refractivity contribution is 0.0657. The fourth-order valence-electron chi connectivity index (χ4n) is 3.34. The number of urea groups is 1. The SMILES string of the molecule is O=C(NCC1CCOCC1)N1CCCC[C@H]1c1ccccn1. The highest BCUT2D eigenvalue weighted by atomic mass is 16.5. The van der Waals surface area contributed by atoms with Crippen molar-refractivity contribution in [2.45, 2.75) is 38.1 Å². The molecule has 1 atom stereocenters. The number of ether oxygens (including phenoxy) is 1. The predicted octanol–water partition coefficient (Wildman–Crippen LogP) is 2.74. The highest BCUT2D eigenvalue weighted by Gasteiger charge is 2.29. The van der Waals surface area contributed by atoms with Crippen molar-refractivity contribution in [1.29, 1.82) is 0 Å². The Morgan fingerprint density at radius 2 is 2.14 bits per heavy atom. The van der Waals surface area contributed by atoms with Gasteiger partial charge in [0.1, 0.15) is 0 Å². The number of hydrogen-bond donors (Lipinski definition) is 1. The third-order valence-electron chi connectivity index (χ3n) is 4.68. The van der Waals surface area contributed by atoms with Crippen LogP contribution in [0.25, 0.3) is 0 Å². The van der Waals surface area contributed by atoms with Gasteiger partial charge in [0.05, 0.1) is 11.7 Å². The van der Waals surface area contributed by atoms with E-state index in [0.717, 1.165) is 64.1 Å². The molecule has 3 heterocycles. The fourth-order valence-corrected chi connectivity index (χ4v) is 3.34. The molecule has 0 radical (unpaired) electrons. The molecule has 3 rings (SSSR count). The molecule has 1 aromatic rings. The predicted molar refractivity (Wildman–Crippen MR) is 84.5 cm³/mol. The lowest BCUT2D eigenvalue weighted by Gasteiger charge is -2.36. The third-order valence-corrected chi connectivity index (χ3v) is 4.68. The van der Waals surface area contributed by atoms with Gasteiger partial charge in [-0.2, -0.15) is 0 Å². The smallest absolute Gasteiger partial charge is 0.317 e. The number of hydrogen-bond acceptors (Lipinski definition) is 3. The molecule has 0 aliphatic carbocycles. The minimum Gasteiger partial charge on any atom is -0.381 e. The van der Waals surface area contributed by atoms with Crippen LogP contribution in [0.5, 0.6) is 0 Å². The van der Waals surface area contributed by atoms with Crippen LogP contribution in [0.4, 0.5) is 4.79 Å². The first-order valence-electron chi connectivity index (χ1n) is 8.38. The number of likely N-dealkylation sites (tertiary alicyclic amines) is 1. The molecular formula is C17H25N3O2. The normalized spacial score (nSPS) is 23.3. The van der Waals surface area contributed by atoms with Crippen molar-refractivity contribution in [3.8, 4) is 0 Å². The number of nitrogens with one attached hydrogen (secondary N) is 1. The molecule has 5 heteroatoms. The maximum Gasteiger partial charge on any atom is 0.317 e. The standard InChI is InChI=1S/C17H25N3O2/c21-17(19-13-14-7-11-22-12-8-14)20-10-4-2-6-16(20)15-5-1-3-9-18-15/h1,3,5,9,14,16H,2,4,6-8,10-13H2,(H,19,21)/t16-/m0/s1. The Balaban J connectivity index is 1.59. The highest BCUT2D eigenvalue weighted by molar-refractivity contribution is 5.74. The van der Waals surface area contributed by atoms with Gasteiger partial charge in [0.25, 0.3) is 0 Å². The van der Waals surface area contributed by atoms with Gasteiger partial charge in [-0.15, -0.1) is 0 Å². The van der Waals surface area contributed by atoms with Gasteiger partial charge < -0.3 is 15.0 Å². The Bertz CT molecular complexity index is 474. The number of amides is 2. The van der Waals surface area contributed by atoms with Crippen molar-refractivity contribution in [3.05, 3.63) is 30.1 Å². The van der Waals surface area contributed by atoms with Gasteiger partial charge >= 0.3 is 6.03 Å². The second-order valence-corrected chi connectivity index (χ2v) is 6.20. The minimum atomic E-state index is 0.0573. The summed E-state index contributed by atoms with van der Waals surface area (Å²) in [5, 5.41) is 3.13. The van der Waals surface area contributed by atoms with E-state index in [4.69, 9.17) is 4.74 Å².